The van der Waals surface area contributed by atoms with Crippen LogP contribution in [0.1, 0.15) is 26.2 Å². The van der Waals surface area contributed by atoms with E-state index < -0.39 is 0 Å². The maximum atomic E-state index is 11.7. The summed E-state index contributed by atoms with van der Waals surface area (Å²) in [6, 6.07) is 0. The van der Waals surface area contributed by atoms with E-state index in [-0.39, 0.29) is 17.7 Å². The molecule has 16 heavy (non-hydrogen) atoms. The molecule has 1 aliphatic rings. The lowest BCUT2D eigenvalue weighted by molar-refractivity contribution is -0.132. The third-order valence-electron chi connectivity index (χ3n) is 2.82. The van der Waals surface area contributed by atoms with Gasteiger partial charge in [0, 0.05) is 19.0 Å². The van der Waals surface area contributed by atoms with Crippen molar-refractivity contribution in [3.63, 3.8) is 0 Å². The molecule has 4 nitrogen and oxygen atoms in total. The molecule has 0 spiro atoms. The highest BCUT2D eigenvalue weighted by molar-refractivity contribution is 7.99. The van der Waals surface area contributed by atoms with Crippen LogP contribution in [0.25, 0.3) is 0 Å². The first-order valence-corrected chi connectivity index (χ1v) is 6.95. The molecule has 92 valence electrons. The van der Waals surface area contributed by atoms with Crippen LogP contribution in [0.15, 0.2) is 0 Å². The van der Waals surface area contributed by atoms with Gasteiger partial charge in [0.25, 0.3) is 0 Å². The molecule has 0 atom stereocenters. The van der Waals surface area contributed by atoms with E-state index in [0.29, 0.717) is 18.8 Å². The molecule has 1 aliphatic heterocycles. The number of hydrogen-bond acceptors (Lipinski definition) is 3. The lowest BCUT2D eigenvalue weighted by Crippen LogP contribution is -2.42. The van der Waals surface area contributed by atoms with Gasteiger partial charge in [-0.3, -0.25) is 9.59 Å². The standard InChI is InChI=1S/C11H20N2O2S/c1-2-7-16-8-10(14)13-5-3-9(4-6-13)11(12)15/h9H,2-8H2,1H3,(H2,12,15). The van der Waals surface area contributed by atoms with E-state index in [1.54, 1.807) is 11.8 Å². The van der Waals surface area contributed by atoms with Gasteiger partial charge < -0.3 is 10.6 Å². The van der Waals surface area contributed by atoms with E-state index in [9.17, 15) is 9.59 Å². The monoisotopic (exact) mass is 244 g/mol. The maximum absolute atomic E-state index is 11.7. The smallest absolute Gasteiger partial charge is 0.232 e. The Labute approximate surface area is 101 Å². The van der Waals surface area contributed by atoms with Gasteiger partial charge in [0.05, 0.1) is 5.75 Å². The van der Waals surface area contributed by atoms with Crippen molar-refractivity contribution in [3.8, 4) is 0 Å². The van der Waals surface area contributed by atoms with Gasteiger partial charge in [0.2, 0.25) is 11.8 Å². The molecule has 0 unspecified atom stereocenters. The molecule has 1 saturated heterocycles. The summed E-state index contributed by atoms with van der Waals surface area (Å²) in [5, 5.41) is 0. The van der Waals surface area contributed by atoms with E-state index in [4.69, 9.17) is 5.73 Å². The first kappa shape index (κ1) is 13.4. The summed E-state index contributed by atoms with van der Waals surface area (Å²) in [6.07, 6.45) is 2.54. The Balaban J connectivity index is 2.25. The van der Waals surface area contributed by atoms with Crippen LogP contribution in [0.2, 0.25) is 0 Å². The Bertz CT molecular complexity index is 250. The molecule has 0 aromatic carbocycles. The minimum atomic E-state index is -0.229. The topological polar surface area (TPSA) is 63.4 Å². The van der Waals surface area contributed by atoms with Crippen molar-refractivity contribution in [3.05, 3.63) is 0 Å². The summed E-state index contributed by atoms with van der Waals surface area (Å²) in [6.45, 7) is 3.47. The van der Waals surface area contributed by atoms with Crippen molar-refractivity contribution >= 4 is 23.6 Å². The number of carbonyl (C=O) groups excluding carboxylic acids is 2. The lowest BCUT2D eigenvalue weighted by atomic mass is 9.96. The van der Waals surface area contributed by atoms with Gasteiger partial charge in [-0.15, -0.1) is 0 Å². The Hall–Kier alpha value is -0.710. The van der Waals surface area contributed by atoms with Gasteiger partial charge in [-0.05, 0) is 25.0 Å². The molecule has 5 heteroatoms. The molecule has 1 rings (SSSR count). The second-order valence-electron chi connectivity index (χ2n) is 4.11. The fourth-order valence-electron chi connectivity index (χ4n) is 1.81. The van der Waals surface area contributed by atoms with Gasteiger partial charge in [-0.25, -0.2) is 0 Å². The first-order valence-electron chi connectivity index (χ1n) is 5.80. The molecule has 0 aromatic rings. The van der Waals surface area contributed by atoms with Crippen molar-refractivity contribution < 1.29 is 9.59 Å². The predicted octanol–water partition coefficient (Wildman–Crippen LogP) is 0.854. The van der Waals surface area contributed by atoms with Crippen molar-refractivity contribution in [1.29, 1.82) is 0 Å². The molecule has 0 radical (unpaired) electrons. The number of nitrogens with two attached hydrogens (primary N) is 1. The predicted molar refractivity (Wildman–Crippen MR) is 66.1 cm³/mol. The number of rotatable bonds is 5. The third kappa shape index (κ3) is 4.04. The van der Waals surface area contributed by atoms with Gasteiger partial charge in [-0.1, -0.05) is 6.92 Å². The highest BCUT2D eigenvalue weighted by atomic mass is 32.2. The summed E-state index contributed by atoms with van der Waals surface area (Å²) < 4.78 is 0. The molecule has 0 saturated carbocycles. The zero-order chi connectivity index (χ0) is 12.0. The Morgan fingerprint density at radius 1 is 1.38 bits per heavy atom. The highest BCUT2D eigenvalue weighted by Gasteiger charge is 2.25. The molecule has 0 aromatic heterocycles. The molecule has 2 amide bonds. The third-order valence-corrected chi connectivity index (χ3v) is 3.97. The number of piperidine rings is 1. The minimum Gasteiger partial charge on any atom is -0.369 e. The second-order valence-corrected chi connectivity index (χ2v) is 5.22. The summed E-state index contributed by atoms with van der Waals surface area (Å²) in [7, 11) is 0. The van der Waals surface area contributed by atoms with Gasteiger partial charge >= 0.3 is 0 Å². The van der Waals surface area contributed by atoms with Gasteiger partial charge in [-0.2, -0.15) is 11.8 Å². The average molecular weight is 244 g/mol. The van der Waals surface area contributed by atoms with Crippen LogP contribution in [-0.4, -0.2) is 41.3 Å². The SMILES string of the molecule is CCCSCC(=O)N1CCC(C(N)=O)CC1. The molecule has 0 aliphatic carbocycles. The zero-order valence-corrected chi connectivity index (χ0v) is 10.6. The average Bonchev–Trinajstić information content (AvgIpc) is 2.29. The van der Waals surface area contributed by atoms with Crippen LogP contribution in [0.3, 0.4) is 0 Å². The van der Waals surface area contributed by atoms with Crippen LogP contribution in [0.5, 0.6) is 0 Å². The van der Waals surface area contributed by atoms with Gasteiger partial charge in [0.1, 0.15) is 0 Å². The Morgan fingerprint density at radius 2 is 2.00 bits per heavy atom. The zero-order valence-electron chi connectivity index (χ0n) is 9.78. The van der Waals surface area contributed by atoms with Crippen LogP contribution in [0.4, 0.5) is 0 Å². The number of likely N-dealkylation sites (tertiary alicyclic amines) is 1. The maximum Gasteiger partial charge on any atom is 0.232 e. The van der Waals surface area contributed by atoms with Crippen molar-refractivity contribution in [2.24, 2.45) is 11.7 Å². The normalized spacial score (nSPS) is 17.4. The fourth-order valence-corrected chi connectivity index (χ4v) is 2.60. The fraction of sp³-hybridized carbons (Fsp3) is 0.818. The summed E-state index contributed by atoms with van der Waals surface area (Å²) >= 11 is 1.68. The lowest BCUT2D eigenvalue weighted by Gasteiger charge is -2.30. The summed E-state index contributed by atoms with van der Waals surface area (Å²) in [4.78, 5) is 24.5. The molecule has 2 N–H and O–H groups in total. The quantitative estimate of drug-likeness (QED) is 0.729. The highest BCUT2D eigenvalue weighted by Crippen LogP contribution is 2.17. The van der Waals surface area contributed by atoms with Gasteiger partial charge in [0.15, 0.2) is 0 Å². The van der Waals surface area contributed by atoms with Crippen molar-refractivity contribution in [2.75, 3.05) is 24.6 Å². The van der Waals surface area contributed by atoms with E-state index in [1.165, 1.54) is 0 Å². The number of hydrogen-bond donors (Lipinski definition) is 1. The molecule has 1 fully saturated rings. The number of carbonyl (C=O) groups is 2. The summed E-state index contributed by atoms with van der Waals surface area (Å²) in [5.74, 6) is 1.53. The van der Waals surface area contributed by atoms with Crippen LogP contribution in [-0.2, 0) is 9.59 Å². The van der Waals surface area contributed by atoms with E-state index >= 15 is 0 Å². The number of primary amides is 1. The van der Waals surface area contributed by atoms with Crippen LogP contribution in [0, 0.1) is 5.92 Å². The molecule has 1 heterocycles. The van der Waals surface area contributed by atoms with Crippen LogP contribution >= 0.6 is 11.8 Å². The molecule has 0 bridgehead atoms. The van der Waals surface area contributed by atoms with E-state index in [2.05, 4.69) is 6.92 Å². The van der Waals surface area contributed by atoms with Crippen LogP contribution < -0.4 is 5.73 Å². The first-order chi connectivity index (χ1) is 7.65. The Morgan fingerprint density at radius 3 is 2.50 bits per heavy atom. The van der Waals surface area contributed by atoms with E-state index in [0.717, 1.165) is 25.0 Å². The summed E-state index contributed by atoms with van der Waals surface area (Å²) in [5.41, 5.74) is 5.24. The number of amides is 2. The number of nitrogens with zero attached hydrogens (tertiary/aromatic N) is 1. The number of thioether (sulfide) groups is 1. The van der Waals surface area contributed by atoms with E-state index in [1.807, 2.05) is 4.90 Å². The Kier molecular flexibility index (Phi) is 5.66. The minimum absolute atomic E-state index is 0.0349. The molecular formula is C11H20N2O2S. The van der Waals surface area contributed by atoms with Crippen molar-refractivity contribution in [2.45, 2.75) is 26.2 Å². The molecular weight excluding hydrogens is 224 g/mol. The second kappa shape index (κ2) is 6.78. The van der Waals surface area contributed by atoms with Crippen molar-refractivity contribution in [1.82, 2.24) is 4.90 Å². The largest absolute Gasteiger partial charge is 0.369 e.